The standard InChI is InChI=1S/C20H22FN5OS/c1-13(23)16(11-22)18(27)12-28-20-25-24-19(15-9-5-6-10-17(15)21)26(20)14-7-3-2-4-8-14/h5-6,9-10,14,16,23H,2-4,7-8,12H2,1H3. The molecule has 0 saturated heterocycles. The van der Waals surface area contributed by atoms with Gasteiger partial charge in [0.25, 0.3) is 0 Å². The van der Waals surface area contributed by atoms with Crippen LogP contribution in [0.15, 0.2) is 29.4 Å². The molecule has 2 aromatic rings. The summed E-state index contributed by atoms with van der Waals surface area (Å²) in [5.74, 6) is -1.23. The van der Waals surface area contributed by atoms with Crippen molar-refractivity contribution in [2.75, 3.05) is 5.75 Å². The average molecular weight is 399 g/mol. The maximum absolute atomic E-state index is 14.4. The number of halogens is 1. The van der Waals surface area contributed by atoms with Crippen molar-refractivity contribution in [3.05, 3.63) is 30.1 Å². The number of hydrogen-bond acceptors (Lipinski definition) is 6. The highest BCUT2D eigenvalue weighted by Gasteiger charge is 2.27. The van der Waals surface area contributed by atoms with Gasteiger partial charge in [0, 0.05) is 11.8 Å². The summed E-state index contributed by atoms with van der Waals surface area (Å²) in [5.41, 5.74) is 0.429. The molecule has 1 atom stereocenters. The molecular formula is C20H22FN5OS. The first-order valence-corrected chi connectivity index (χ1v) is 10.3. The molecule has 1 aliphatic carbocycles. The Hall–Kier alpha value is -2.53. The van der Waals surface area contributed by atoms with Crippen LogP contribution < -0.4 is 0 Å². The molecule has 0 bridgehead atoms. The van der Waals surface area contributed by atoms with E-state index in [1.165, 1.54) is 31.2 Å². The molecular weight excluding hydrogens is 377 g/mol. The number of benzene rings is 1. The molecule has 0 aliphatic heterocycles. The maximum Gasteiger partial charge on any atom is 0.192 e. The highest BCUT2D eigenvalue weighted by molar-refractivity contribution is 7.99. The number of thioether (sulfide) groups is 1. The molecule has 1 aliphatic rings. The van der Waals surface area contributed by atoms with E-state index < -0.39 is 5.92 Å². The van der Waals surface area contributed by atoms with E-state index in [0.717, 1.165) is 25.7 Å². The molecule has 3 rings (SSSR count). The van der Waals surface area contributed by atoms with Crippen molar-refractivity contribution in [1.29, 1.82) is 10.7 Å². The number of carbonyl (C=O) groups is 1. The van der Waals surface area contributed by atoms with Gasteiger partial charge in [0.2, 0.25) is 0 Å². The Kier molecular flexibility index (Phi) is 6.57. The van der Waals surface area contributed by atoms with Crippen molar-refractivity contribution in [3.63, 3.8) is 0 Å². The molecule has 28 heavy (non-hydrogen) atoms. The van der Waals surface area contributed by atoms with Gasteiger partial charge in [-0.2, -0.15) is 5.26 Å². The Morgan fingerprint density at radius 1 is 1.36 bits per heavy atom. The van der Waals surface area contributed by atoms with Gasteiger partial charge in [-0.3, -0.25) is 9.36 Å². The minimum Gasteiger partial charge on any atom is -0.308 e. The molecule has 0 amide bonds. The van der Waals surface area contributed by atoms with Gasteiger partial charge in [0.05, 0.1) is 17.4 Å². The van der Waals surface area contributed by atoms with Crippen molar-refractivity contribution in [2.45, 2.75) is 50.2 Å². The van der Waals surface area contributed by atoms with Gasteiger partial charge in [0.15, 0.2) is 16.8 Å². The fourth-order valence-electron chi connectivity index (χ4n) is 3.50. The molecule has 8 heteroatoms. The van der Waals surface area contributed by atoms with Crippen LogP contribution in [0.1, 0.15) is 45.1 Å². The Morgan fingerprint density at radius 2 is 2.07 bits per heavy atom. The lowest BCUT2D eigenvalue weighted by Gasteiger charge is -2.25. The second-order valence-corrected chi connectivity index (χ2v) is 7.89. The minimum absolute atomic E-state index is 0.0244. The smallest absolute Gasteiger partial charge is 0.192 e. The molecule has 0 radical (unpaired) electrons. The monoisotopic (exact) mass is 399 g/mol. The number of nitrogens with zero attached hydrogens (tertiary/aromatic N) is 4. The van der Waals surface area contributed by atoms with Gasteiger partial charge in [-0.25, -0.2) is 4.39 Å². The lowest BCUT2D eigenvalue weighted by molar-refractivity contribution is -0.117. The highest BCUT2D eigenvalue weighted by atomic mass is 32.2. The molecule has 1 unspecified atom stereocenters. The van der Waals surface area contributed by atoms with Gasteiger partial charge < -0.3 is 5.41 Å². The summed E-state index contributed by atoms with van der Waals surface area (Å²) in [4.78, 5) is 12.3. The van der Waals surface area contributed by atoms with Gasteiger partial charge >= 0.3 is 0 Å². The molecule has 1 saturated carbocycles. The number of nitriles is 1. The summed E-state index contributed by atoms with van der Waals surface area (Å²) in [6.07, 6.45) is 5.28. The zero-order chi connectivity index (χ0) is 20.1. The number of nitrogens with one attached hydrogen (secondary N) is 1. The van der Waals surface area contributed by atoms with Crippen LogP contribution >= 0.6 is 11.8 Å². The lowest BCUT2D eigenvalue weighted by atomic mass is 9.95. The van der Waals surface area contributed by atoms with E-state index in [1.54, 1.807) is 18.2 Å². The second-order valence-electron chi connectivity index (χ2n) is 6.95. The molecule has 1 aromatic heterocycles. The third-order valence-corrected chi connectivity index (χ3v) is 5.91. The summed E-state index contributed by atoms with van der Waals surface area (Å²) < 4.78 is 16.3. The topological polar surface area (TPSA) is 95.4 Å². The van der Waals surface area contributed by atoms with E-state index >= 15 is 0 Å². The minimum atomic E-state index is -1.04. The van der Waals surface area contributed by atoms with E-state index in [1.807, 2.05) is 10.6 Å². The van der Waals surface area contributed by atoms with Crippen LogP contribution in [0, 0.1) is 28.5 Å². The molecule has 0 spiro atoms. The number of aromatic nitrogens is 3. The van der Waals surface area contributed by atoms with Crippen LogP contribution in [-0.4, -0.2) is 32.0 Å². The fourth-order valence-corrected chi connectivity index (χ4v) is 4.41. The van der Waals surface area contributed by atoms with Gasteiger partial charge in [0.1, 0.15) is 11.7 Å². The van der Waals surface area contributed by atoms with E-state index in [9.17, 15) is 9.18 Å². The Labute approximate surface area is 167 Å². The van der Waals surface area contributed by atoms with Crippen molar-refractivity contribution in [3.8, 4) is 17.5 Å². The summed E-state index contributed by atoms with van der Waals surface area (Å²) in [7, 11) is 0. The number of ketones is 1. The third-order valence-electron chi connectivity index (χ3n) is 4.95. The van der Waals surface area contributed by atoms with E-state index in [2.05, 4.69) is 10.2 Å². The van der Waals surface area contributed by atoms with Crippen LogP contribution in [0.3, 0.4) is 0 Å². The van der Waals surface area contributed by atoms with Gasteiger partial charge in [-0.05, 0) is 31.9 Å². The first kappa shape index (κ1) is 20.2. The highest BCUT2D eigenvalue weighted by Crippen LogP contribution is 2.36. The first-order chi connectivity index (χ1) is 13.5. The second kappa shape index (κ2) is 9.11. The Balaban J connectivity index is 1.91. The van der Waals surface area contributed by atoms with Crippen LogP contribution in [0.25, 0.3) is 11.4 Å². The average Bonchev–Trinajstić information content (AvgIpc) is 3.11. The fraction of sp³-hybridized carbons (Fsp3) is 0.450. The number of rotatable bonds is 7. The number of carbonyl (C=O) groups excluding carboxylic acids is 1. The van der Waals surface area contributed by atoms with E-state index in [4.69, 9.17) is 10.7 Å². The number of hydrogen-bond donors (Lipinski definition) is 1. The van der Waals surface area contributed by atoms with Crippen molar-refractivity contribution >= 4 is 23.3 Å². The van der Waals surface area contributed by atoms with E-state index in [0.29, 0.717) is 16.5 Å². The Morgan fingerprint density at radius 3 is 2.71 bits per heavy atom. The van der Waals surface area contributed by atoms with Crippen LogP contribution in [-0.2, 0) is 4.79 Å². The van der Waals surface area contributed by atoms with Crippen molar-refractivity contribution in [2.24, 2.45) is 5.92 Å². The quantitative estimate of drug-likeness (QED) is 0.549. The first-order valence-electron chi connectivity index (χ1n) is 9.33. The Bertz CT molecular complexity index is 914. The SMILES string of the molecule is CC(=N)C(C#N)C(=O)CSc1nnc(-c2ccccc2F)n1C1CCCCC1. The predicted molar refractivity (Wildman–Crippen MR) is 106 cm³/mol. The zero-order valence-electron chi connectivity index (χ0n) is 15.7. The number of Topliss-reactive ketones (excluding diaryl/α,β-unsaturated/α-hetero) is 1. The normalized spacial score (nSPS) is 15.8. The lowest BCUT2D eigenvalue weighted by Crippen LogP contribution is -2.22. The zero-order valence-corrected chi connectivity index (χ0v) is 16.5. The van der Waals surface area contributed by atoms with Gasteiger partial charge in [-0.15, -0.1) is 10.2 Å². The van der Waals surface area contributed by atoms with Crippen molar-refractivity contribution < 1.29 is 9.18 Å². The summed E-state index contributed by atoms with van der Waals surface area (Å²) in [6.45, 7) is 1.46. The van der Waals surface area contributed by atoms with Crippen LogP contribution in [0.5, 0.6) is 0 Å². The molecule has 1 aromatic carbocycles. The van der Waals surface area contributed by atoms with E-state index in [-0.39, 0.29) is 29.1 Å². The van der Waals surface area contributed by atoms with Crippen LogP contribution in [0.2, 0.25) is 0 Å². The van der Waals surface area contributed by atoms with Crippen LogP contribution in [0.4, 0.5) is 4.39 Å². The molecule has 1 heterocycles. The summed E-state index contributed by atoms with van der Waals surface area (Å²) >= 11 is 1.20. The third kappa shape index (κ3) is 4.30. The largest absolute Gasteiger partial charge is 0.308 e. The molecule has 6 nitrogen and oxygen atoms in total. The molecule has 146 valence electrons. The molecule has 1 fully saturated rings. The predicted octanol–water partition coefficient (Wildman–Crippen LogP) is 4.43. The molecule has 1 N–H and O–H groups in total. The van der Waals surface area contributed by atoms with Crippen molar-refractivity contribution in [1.82, 2.24) is 14.8 Å². The maximum atomic E-state index is 14.4. The summed E-state index contributed by atoms with van der Waals surface area (Å²) in [6, 6.07) is 8.51. The van der Waals surface area contributed by atoms with Gasteiger partial charge in [-0.1, -0.05) is 43.2 Å². The summed E-state index contributed by atoms with van der Waals surface area (Å²) in [5, 5.41) is 25.7.